The highest BCUT2D eigenvalue weighted by atomic mass is 16.2. The highest BCUT2D eigenvalue weighted by molar-refractivity contribution is 5.80. The van der Waals surface area contributed by atoms with Crippen molar-refractivity contribution in [3.8, 4) is 0 Å². The lowest BCUT2D eigenvalue weighted by atomic mass is 10.1. The molecule has 2 amide bonds. The van der Waals surface area contributed by atoms with Gasteiger partial charge < -0.3 is 16.0 Å². The fraction of sp³-hybridized carbons (Fsp3) is 0.867. The van der Waals surface area contributed by atoms with E-state index in [0.29, 0.717) is 6.54 Å². The molecule has 0 aromatic carbocycles. The Hall–Kier alpha value is -1.14. The molecule has 0 bridgehead atoms. The van der Waals surface area contributed by atoms with Crippen molar-refractivity contribution in [1.29, 1.82) is 0 Å². The molecule has 0 radical (unpaired) electrons. The molecular formula is C15H28N4O2. The van der Waals surface area contributed by atoms with E-state index in [4.69, 9.17) is 5.73 Å². The smallest absolute Gasteiger partial charge is 0.234 e. The van der Waals surface area contributed by atoms with Gasteiger partial charge in [0.15, 0.2) is 0 Å². The van der Waals surface area contributed by atoms with Crippen LogP contribution < -0.4 is 11.1 Å². The summed E-state index contributed by atoms with van der Waals surface area (Å²) in [4.78, 5) is 28.1. The largest absolute Gasteiger partial charge is 0.355 e. The molecule has 120 valence electrons. The average Bonchev–Trinajstić information content (AvgIpc) is 2.92. The molecule has 2 unspecified atom stereocenters. The molecule has 1 saturated heterocycles. The van der Waals surface area contributed by atoms with Crippen LogP contribution in [0.1, 0.15) is 32.6 Å². The summed E-state index contributed by atoms with van der Waals surface area (Å²) in [6.45, 7) is 6.24. The SMILES string of the molecule is CCCNC(=O)CN1CCN(C(=O)C2CCC(N)C2)CC1. The summed E-state index contributed by atoms with van der Waals surface area (Å²) >= 11 is 0. The molecule has 6 nitrogen and oxygen atoms in total. The molecule has 0 aromatic rings. The Kier molecular flexibility index (Phi) is 5.99. The fourth-order valence-electron chi connectivity index (χ4n) is 3.15. The molecule has 1 aliphatic heterocycles. The fourth-order valence-corrected chi connectivity index (χ4v) is 3.15. The first-order chi connectivity index (χ1) is 10.1. The van der Waals surface area contributed by atoms with Crippen molar-refractivity contribution in [2.45, 2.75) is 38.6 Å². The summed E-state index contributed by atoms with van der Waals surface area (Å²) in [5.41, 5.74) is 5.89. The van der Waals surface area contributed by atoms with Gasteiger partial charge in [-0.2, -0.15) is 0 Å². The number of carbonyl (C=O) groups excluding carboxylic acids is 2. The third-order valence-electron chi connectivity index (χ3n) is 4.45. The first-order valence-electron chi connectivity index (χ1n) is 8.13. The topological polar surface area (TPSA) is 78.7 Å². The maximum absolute atomic E-state index is 12.4. The second kappa shape index (κ2) is 7.75. The van der Waals surface area contributed by atoms with Crippen LogP contribution in [0.15, 0.2) is 0 Å². The highest BCUT2D eigenvalue weighted by Gasteiger charge is 2.32. The number of carbonyl (C=O) groups is 2. The Morgan fingerprint density at radius 1 is 1.19 bits per heavy atom. The van der Waals surface area contributed by atoms with E-state index < -0.39 is 0 Å². The number of amides is 2. The van der Waals surface area contributed by atoms with Gasteiger partial charge in [0.25, 0.3) is 0 Å². The van der Waals surface area contributed by atoms with E-state index in [9.17, 15) is 9.59 Å². The lowest BCUT2D eigenvalue weighted by Gasteiger charge is -2.35. The molecule has 0 aromatic heterocycles. The second-order valence-electron chi connectivity index (χ2n) is 6.22. The summed E-state index contributed by atoms with van der Waals surface area (Å²) in [6, 6.07) is 0.197. The molecule has 6 heteroatoms. The minimum absolute atomic E-state index is 0.0818. The van der Waals surface area contributed by atoms with Crippen LogP contribution in [0, 0.1) is 5.92 Å². The van der Waals surface area contributed by atoms with Crippen molar-refractivity contribution in [3.05, 3.63) is 0 Å². The minimum Gasteiger partial charge on any atom is -0.355 e. The number of nitrogens with zero attached hydrogens (tertiary/aromatic N) is 2. The molecule has 2 atom stereocenters. The summed E-state index contributed by atoms with van der Waals surface area (Å²) < 4.78 is 0. The van der Waals surface area contributed by atoms with Gasteiger partial charge in [0.1, 0.15) is 0 Å². The third kappa shape index (κ3) is 4.68. The second-order valence-corrected chi connectivity index (χ2v) is 6.22. The van der Waals surface area contributed by atoms with Crippen molar-refractivity contribution >= 4 is 11.8 Å². The van der Waals surface area contributed by atoms with Crippen molar-refractivity contribution < 1.29 is 9.59 Å². The zero-order valence-electron chi connectivity index (χ0n) is 13.0. The average molecular weight is 296 g/mol. The van der Waals surface area contributed by atoms with Gasteiger partial charge >= 0.3 is 0 Å². The van der Waals surface area contributed by atoms with Crippen LogP contribution in [0.3, 0.4) is 0 Å². The number of nitrogens with two attached hydrogens (primary N) is 1. The van der Waals surface area contributed by atoms with Crippen LogP contribution in [-0.4, -0.2) is 66.9 Å². The quantitative estimate of drug-likeness (QED) is 0.735. The Morgan fingerprint density at radius 3 is 2.48 bits per heavy atom. The lowest BCUT2D eigenvalue weighted by Crippen LogP contribution is -2.52. The standard InChI is InChI=1S/C15H28N4O2/c1-2-5-17-14(20)11-18-6-8-19(9-7-18)15(21)12-3-4-13(16)10-12/h12-13H,2-11,16H2,1H3,(H,17,20). The molecule has 2 rings (SSSR count). The Morgan fingerprint density at radius 2 is 1.90 bits per heavy atom. The van der Waals surface area contributed by atoms with Gasteiger partial charge in [-0.25, -0.2) is 0 Å². The predicted molar refractivity (Wildman–Crippen MR) is 81.6 cm³/mol. The summed E-state index contributed by atoms with van der Waals surface area (Å²) in [7, 11) is 0. The lowest BCUT2D eigenvalue weighted by molar-refractivity contribution is -0.137. The van der Waals surface area contributed by atoms with Crippen LogP contribution in [0.4, 0.5) is 0 Å². The Labute approximate surface area is 127 Å². The van der Waals surface area contributed by atoms with Gasteiger partial charge in [-0.15, -0.1) is 0 Å². The van der Waals surface area contributed by atoms with Crippen LogP contribution in [-0.2, 0) is 9.59 Å². The van der Waals surface area contributed by atoms with Gasteiger partial charge in [-0.05, 0) is 25.7 Å². The minimum atomic E-state index is 0.0818. The maximum Gasteiger partial charge on any atom is 0.234 e. The number of rotatable bonds is 5. The summed E-state index contributed by atoms with van der Waals surface area (Å²) in [6.07, 6.45) is 3.68. The molecular weight excluding hydrogens is 268 g/mol. The van der Waals surface area contributed by atoms with Crippen molar-refractivity contribution in [1.82, 2.24) is 15.1 Å². The van der Waals surface area contributed by atoms with E-state index in [1.165, 1.54) is 0 Å². The zero-order valence-corrected chi connectivity index (χ0v) is 13.0. The molecule has 1 saturated carbocycles. The molecule has 3 N–H and O–H groups in total. The summed E-state index contributed by atoms with van der Waals surface area (Å²) in [5, 5.41) is 2.89. The number of piperazine rings is 1. The molecule has 2 aliphatic rings. The normalized spacial score (nSPS) is 26.9. The predicted octanol–water partition coefficient (Wildman–Crippen LogP) is -0.216. The van der Waals surface area contributed by atoms with Crippen molar-refractivity contribution in [3.63, 3.8) is 0 Å². The van der Waals surface area contributed by atoms with E-state index >= 15 is 0 Å². The van der Waals surface area contributed by atoms with Gasteiger partial charge in [0.05, 0.1) is 6.54 Å². The van der Waals surface area contributed by atoms with Crippen LogP contribution in [0.5, 0.6) is 0 Å². The van der Waals surface area contributed by atoms with Gasteiger partial charge in [0.2, 0.25) is 11.8 Å². The van der Waals surface area contributed by atoms with Crippen molar-refractivity contribution in [2.24, 2.45) is 11.7 Å². The highest BCUT2D eigenvalue weighted by Crippen LogP contribution is 2.26. The molecule has 21 heavy (non-hydrogen) atoms. The van der Waals surface area contributed by atoms with E-state index in [1.807, 2.05) is 11.8 Å². The number of hydrogen-bond donors (Lipinski definition) is 2. The van der Waals surface area contributed by atoms with E-state index in [2.05, 4.69) is 10.2 Å². The molecule has 1 heterocycles. The molecule has 1 aliphatic carbocycles. The monoisotopic (exact) mass is 296 g/mol. The first-order valence-corrected chi connectivity index (χ1v) is 8.13. The first kappa shape index (κ1) is 16.2. The van der Waals surface area contributed by atoms with E-state index in [-0.39, 0.29) is 23.8 Å². The Balaban J connectivity index is 1.70. The molecule has 0 spiro atoms. The maximum atomic E-state index is 12.4. The van der Waals surface area contributed by atoms with E-state index in [0.717, 1.165) is 58.4 Å². The molecule has 2 fully saturated rings. The van der Waals surface area contributed by atoms with Gasteiger partial charge in [-0.1, -0.05) is 6.92 Å². The van der Waals surface area contributed by atoms with Crippen LogP contribution >= 0.6 is 0 Å². The Bertz CT molecular complexity index is 367. The van der Waals surface area contributed by atoms with Crippen molar-refractivity contribution in [2.75, 3.05) is 39.3 Å². The third-order valence-corrected chi connectivity index (χ3v) is 4.45. The number of nitrogens with one attached hydrogen (secondary N) is 1. The van der Waals surface area contributed by atoms with Gasteiger partial charge in [0, 0.05) is 44.7 Å². The van der Waals surface area contributed by atoms with Crippen LogP contribution in [0.2, 0.25) is 0 Å². The van der Waals surface area contributed by atoms with Crippen LogP contribution in [0.25, 0.3) is 0 Å². The zero-order chi connectivity index (χ0) is 15.2. The van der Waals surface area contributed by atoms with Gasteiger partial charge in [-0.3, -0.25) is 14.5 Å². The van der Waals surface area contributed by atoms with E-state index in [1.54, 1.807) is 0 Å². The number of hydrogen-bond acceptors (Lipinski definition) is 4. The summed E-state index contributed by atoms with van der Waals surface area (Å²) in [5.74, 6) is 0.468.